The molecule has 0 atom stereocenters. The smallest absolute Gasteiger partial charge is 0.233 e. The van der Waals surface area contributed by atoms with Gasteiger partial charge >= 0.3 is 0 Å². The van der Waals surface area contributed by atoms with Gasteiger partial charge in [-0.25, -0.2) is 4.68 Å². The molecule has 1 aliphatic rings. The SMILES string of the molecule is Nn1c(SCC(=O)N2CCCCC2)nnc1-c1cccnc1. The van der Waals surface area contributed by atoms with Crippen LogP contribution in [0.15, 0.2) is 29.7 Å². The third-order valence-electron chi connectivity index (χ3n) is 3.62. The Labute approximate surface area is 132 Å². The molecule has 0 saturated carbocycles. The van der Waals surface area contributed by atoms with Gasteiger partial charge in [-0.05, 0) is 31.4 Å². The molecule has 1 fully saturated rings. The quantitative estimate of drug-likeness (QED) is 0.672. The molecule has 2 aromatic heterocycles. The number of nitrogen functional groups attached to an aromatic ring is 1. The van der Waals surface area contributed by atoms with Crippen molar-refractivity contribution >= 4 is 17.7 Å². The molecule has 1 aliphatic heterocycles. The Morgan fingerprint density at radius 3 is 2.82 bits per heavy atom. The number of thioether (sulfide) groups is 1. The van der Waals surface area contributed by atoms with Crippen LogP contribution in [0.3, 0.4) is 0 Å². The number of likely N-dealkylation sites (tertiary alicyclic amines) is 1. The fourth-order valence-electron chi connectivity index (χ4n) is 2.43. The summed E-state index contributed by atoms with van der Waals surface area (Å²) in [6, 6.07) is 3.68. The lowest BCUT2D eigenvalue weighted by molar-refractivity contribution is -0.129. The molecule has 1 amide bonds. The molecule has 0 unspecified atom stereocenters. The van der Waals surface area contributed by atoms with Crippen molar-refractivity contribution < 1.29 is 4.79 Å². The topological polar surface area (TPSA) is 89.9 Å². The monoisotopic (exact) mass is 318 g/mol. The van der Waals surface area contributed by atoms with Gasteiger partial charge in [0.15, 0.2) is 5.82 Å². The maximum Gasteiger partial charge on any atom is 0.233 e. The van der Waals surface area contributed by atoms with E-state index < -0.39 is 0 Å². The molecule has 3 rings (SSSR count). The van der Waals surface area contributed by atoms with Crippen LogP contribution in [0.4, 0.5) is 0 Å². The second-order valence-electron chi connectivity index (χ2n) is 5.15. The number of carbonyl (C=O) groups is 1. The molecule has 1 saturated heterocycles. The van der Waals surface area contributed by atoms with Crippen LogP contribution in [0.25, 0.3) is 11.4 Å². The first-order valence-corrected chi connectivity index (χ1v) is 8.26. The Hall–Kier alpha value is -2.09. The van der Waals surface area contributed by atoms with Crippen molar-refractivity contribution in [3.8, 4) is 11.4 Å². The van der Waals surface area contributed by atoms with Crippen LogP contribution in [-0.2, 0) is 4.79 Å². The van der Waals surface area contributed by atoms with Crippen molar-refractivity contribution in [1.29, 1.82) is 0 Å². The molecule has 0 aromatic carbocycles. The number of nitrogens with zero attached hydrogens (tertiary/aromatic N) is 5. The molecule has 0 aliphatic carbocycles. The van der Waals surface area contributed by atoms with Crippen molar-refractivity contribution in [2.45, 2.75) is 24.4 Å². The Balaban J connectivity index is 1.64. The van der Waals surface area contributed by atoms with E-state index in [1.54, 1.807) is 12.4 Å². The van der Waals surface area contributed by atoms with E-state index >= 15 is 0 Å². The molecule has 116 valence electrons. The van der Waals surface area contributed by atoms with Crippen molar-refractivity contribution in [3.63, 3.8) is 0 Å². The molecule has 7 nitrogen and oxygen atoms in total. The van der Waals surface area contributed by atoms with E-state index in [0.717, 1.165) is 31.5 Å². The summed E-state index contributed by atoms with van der Waals surface area (Å²) in [5.41, 5.74) is 0.798. The van der Waals surface area contributed by atoms with Crippen LogP contribution in [-0.4, -0.2) is 49.5 Å². The highest BCUT2D eigenvalue weighted by Crippen LogP contribution is 2.21. The third kappa shape index (κ3) is 3.22. The van der Waals surface area contributed by atoms with E-state index in [1.165, 1.54) is 22.9 Å². The minimum atomic E-state index is 0.135. The highest BCUT2D eigenvalue weighted by atomic mass is 32.2. The number of pyridine rings is 1. The second kappa shape index (κ2) is 6.78. The van der Waals surface area contributed by atoms with Gasteiger partial charge in [0.25, 0.3) is 0 Å². The van der Waals surface area contributed by atoms with Crippen LogP contribution in [0, 0.1) is 0 Å². The Kier molecular flexibility index (Phi) is 4.57. The van der Waals surface area contributed by atoms with Gasteiger partial charge in [-0.3, -0.25) is 9.78 Å². The number of hydrogen-bond donors (Lipinski definition) is 1. The summed E-state index contributed by atoms with van der Waals surface area (Å²) in [5, 5.41) is 8.67. The average Bonchev–Trinajstić information content (AvgIpc) is 2.95. The van der Waals surface area contributed by atoms with E-state index in [4.69, 9.17) is 5.84 Å². The molecule has 3 heterocycles. The molecular formula is C14H18N6OS. The van der Waals surface area contributed by atoms with Gasteiger partial charge in [0, 0.05) is 31.0 Å². The first-order valence-electron chi connectivity index (χ1n) is 7.27. The molecule has 0 bridgehead atoms. The Morgan fingerprint density at radius 1 is 1.27 bits per heavy atom. The van der Waals surface area contributed by atoms with Gasteiger partial charge in [-0.2, -0.15) is 0 Å². The summed E-state index contributed by atoms with van der Waals surface area (Å²) in [6.45, 7) is 1.71. The van der Waals surface area contributed by atoms with E-state index in [-0.39, 0.29) is 5.91 Å². The predicted molar refractivity (Wildman–Crippen MR) is 84.6 cm³/mol. The summed E-state index contributed by atoms with van der Waals surface area (Å²) >= 11 is 1.32. The lowest BCUT2D eigenvalue weighted by atomic mass is 10.1. The molecule has 2 N–H and O–H groups in total. The maximum absolute atomic E-state index is 12.2. The summed E-state index contributed by atoms with van der Waals surface area (Å²) < 4.78 is 1.41. The Morgan fingerprint density at radius 2 is 2.09 bits per heavy atom. The van der Waals surface area contributed by atoms with Gasteiger partial charge in [-0.1, -0.05) is 11.8 Å². The fraction of sp³-hybridized carbons (Fsp3) is 0.429. The van der Waals surface area contributed by atoms with Crippen LogP contribution in [0.1, 0.15) is 19.3 Å². The van der Waals surface area contributed by atoms with Crippen LogP contribution >= 0.6 is 11.8 Å². The molecule has 8 heteroatoms. The number of amides is 1. The van der Waals surface area contributed by atoms with Gasteiger partial charge in [0.05, 0.1) is 5.75 Å². The van der Waals surface area contributed by atoms with E-state index in [2.05, 4.69) is 15.2 Å². The number of nitrogens with two attached hydrogens (primary N) is 1. The van der Waals surface area contributed by atoms with Gasteiger partial charge < -0.3 is 10.7 Å². The number of carbonyl (C=O) groups excluding carboxylic acids is 1. The first-order chi connectivity index (χ1) is 10.8. The summed E-state index contributed by atoms with van der Waals surface area (Å²) in [7, 11) is 0. The third-order valence-corrected chi connectivity index (χ3v) is 4.55. The highest BCUT2D eigenvalue weighted by molar-refractivity contribution is 7.99. The number of aromatic nitrogens is 4. The van der Waals surface area contributed by atoms with Crippen LogP contribution in [0.5, 0.6) is 0 Å². The van der Waals surface area contributed by atoms with E-state index in [1.807, 2.05) is 17.0 Å². The van der Waals surface area contributed by atoms with Crippen LogP contribution < -0.4 is 5.84 Å². The number of rotatable bonds is 4. The molecular weight excluding hydrogens is 300 g/mol. The zero-order chi connectivity index (χ0) is 15.4. The normalized spacial score (nSPS) is 15.0. The first kappa shape index (κ1) is 14.8. The predicted octanol–water partition coefficient (Wildman–Crippen LogP) is 1.16. The van der Waals surface area contributed by atoms with Gasteiger partial charge in [-0.15, -0.1) is 10.2 Å². The largest absolute Gasteiger partial charge is 0.342 e. The fourth-order valence-corrected chi connectivity index (χ4v) is 3.19. The standard InChI is InChI=1S/C14H18N6OS/c15-20-13(11-5-4-6-16-9-11)17-18-14(20)22-10-12(21)19-7-2-1-3-8-19/h4-6,9H,1-3,7-8,10,15H2. The van der Waals surface area contributed by atoms with Crippen molar-refractivity contribution in [3.05, 3.63) is 24.5 Å². The lowest BCUT2D eigenvalue weighted by Crippen LogP contribution is -2.36. The summed E-state index contributed by atoms with van der Waals surface area (Å²) in [5.74, 6) is 7.03. The van der Waals surface area contributed by atoms with E-state index in [0.29, 0.717) is 16.7 Å². The molecule has 22 heavy (non-hydrogen) atoms. The van der Waals surface area contributed by atoms with Crippen LogP contribution in [0.2, 0.25) is 0 Å². The molecule has 2 aromatic rings. The summed E-state index contributed by atoms with van der Waals surface area (Å²) in [4.78, 5) is 18.1. The zero-order valence-electron chi connectivity index (χ0n) is 12.2. The average molecular weight is 318 g/mol. The lowest BCUT2D eigenvalue weighted by Gasteiger charge is -2.26. The molecule has 0 radical (unpaired) electrons. The highest BCUT2D eigenvalue weighted by Gasteiger charge is 2.18. The van der Waals surface area contributed by atoms with E-state index in [9.17, 15) is 4.79 Å². The second-order valence-corrected chi connectivity index (χ2v) is 6.09. The van der Waals surface area contributed by atoms with Crippen molar-refractivity contribution in [1.82, 2.24) is 24.8 Å². The minimum absolute atomic E-state index is 0.135. The number of hydrogen-bond acceptors (Lipinski definition) is 6. The maximum atomic E-state index is 12.2. The van der Waals surface area contributed by atoms with Crippen molar-refractivity contribution in [2.75, 3.05) is 24.7 Å². The number of piperidine rings is 1. The van der Waals surface area contributed by atoms with Gasteiger partial charge in [0.2, 0.25) is 11.1 Å². The summed E-state index contributed by atoms with van der Waals surface area (Å²) in [6.07, 6.45) is 6.76. The van der Waals surface area contributed by atoms with Crippen molar-refractivity contribution in [2.24, 2.45) is 0 Å². The Bertz CT molecular complexity index is 638. The molecule has 0 spiro atoms. The van der Waals surface area contributed by atoms with Gasteiger partial charge in [0.1, 0.15) is 0 Å². The zero-order valence-corrected chi connectivity index (χ0v) is 13.0. The minimum Gasteiger partial charge on any atom is -0.342 e.